The first-order valence-corrected chi connectivity index (χ1v) is 7.31. The van der Waals surface area contributed by atoms with Crippen molar-refractivity contribution in [2.24, 2.45) is 0 Å². The number of aromatic nitrogens is 3. The number of rotatable bonds is 8. The van der Waals surface area contributed by atoms with Crippen LogP contribution in [0.3, 0.4) is 0 Å². The third-order valence-electron chi connectivity index (χ3n) is 2.86. The summed E-state index contributed by atoms with van der Waals surface area (Å²) in [5.74, 6) is 0.749. The van der Waals surface area contributed by atoms with Gasteiger partial charge in [0, 0.05) is 6.54 Å². The first-order chi connectivity index (χ1) is 9.59. The molecule has 0 atom stereocenters. The van der Waals surface area contributed by atoms with Crippen LogP contribution in [0.25, 0.3) is 0 Å². The summed E-state index contributed by atoms with van der Waals surface area (Å²) in [6.45, 7) is 6.73. The van der Waals surface area contributed by atoms with E-state index in [0.29, 0.717) is 18.4 Å². The second-order valence-corrected chi connectivity index (χ2v) is 4.94. The molecular weight excluding hydrogens is 276 g/mol. The Balaban J connectivity index is 3.01. The monoisotopic (exact) mass is 296 g/mol. The Labute approximate surface area is 125 Å². The van der Waals surface area contributed by atoms with Crippen LogP contribution in [0.2, 0.25) is 5.28 Å². The van der Waals surface area contributed by atoms with Gasteiger partial charge in [0.05, 0.1) is 6.07 Å². The van der Waals surface area contributed by atoms with Crippen molar-refractivity contribution in [3.63, 3.8) is 0 Å². The van der Waals surface area contributed by atoms with Gasteiger partial charge in [-0.15, -0.1) is 0 Å². The van der Waals surface area contributed by atoms with Crippen LogP contribution in [0, 0.1) is 11.3 Å². The molecule has 1 rings (SSSR count). The highest BCUT2D eigenvalue weighted by Gasteiger charge is 2.29. The Morgan fingerprint density at radius 2 is 1.70 bits per heavy atom. The van der Waals surface area contributed by atoms with Crippen LogP contribution in [0.15, 0.2) is 0 Å². The Kier molecular flexibility index (Phi) is 6.46. The standard InChI is InChI=1S/C13H21ClN6/c1-4-7-13(9-15,8-5-2)20-12-18-10(14)17-11(19-12)16-6-3/h4-8H2,1-3H3,(H2,16,17,18,19,20). The van der Waals surface area contributed by atoms with E-state index >= 15 is 0 Å². The maximum Gasteiger partial charge on any atom is 0.230 e. The lowest BCUT2D eigenvalue weighted by molar-refractivity contribution is 0.483. The van der Waals surface area contributed by atoms with Crippen LogP contribution >= 0.6 is 11.6 Å². The minimum Gasteiger partial charge on any atom is -0.354 e. The van der Waals surface area contributed by atoms with Crippen molar-refractivity contribution in [3.05, 3.63) is 5.28 Å². The van der Waals surface area contributed by atoms with Gasteiger partial charge in [0.1, 0.15) is 5.54 Å². The first-order valence-electron chi connectivity index (χ1n) is 6.94. The van der Waals surface area contributed by atoms with Gasteiger partial charge >= 0.3 is 0 Å². The van der Waals surface area contributed by atoms with Crippen molar-refractivity contribution < 1.29 is 0 Å². The normalized spacial score (nSPS) is 10.9. The smallest absolute Gasteiger partial charge is 0.230 e. The van der Waals surface area contributed by atoms with Crippen LogP contribution in [-0.2, 0) is 0 Å². The molecule has 0 radical (unpaired) electrons. The van der Waals surface area contributed by atoms with Crippen LogP contribution in [0.1, 0.15) is 46.5 Å². The molecule has 0 aliphatic heterocycles. The fourth-order valence-corrected chi connectivity index (χ4v) is 2.26. The van der Waals surface area contributed by atoms with E-state index in [1.807, 2.05) is 20.8 Å². The molecule has 0 aliphatic carbocycles. The van der Waals surface area contributed by atoms with Crippen molar-refractivity contribution in [2.45, 2.75) is 52.0 Å². The number of hydrogen-bond donors (Lipinski definition) is 2. The second-order valence-electron chi connectivity index (χ2n) is 4.60. The van der Waals surface area contributed by atoms with Gasteiger partial charge in [0.2, 0.25) is 17.2 Å². The van der Waals surface area contributed by atoms with Crippen LogP contribution < -0.4 is 10.6 Å². The molecule has 1 aromatic heterocycles. The van der Waals surface area contributed by atoms with Gasteiger partial charge in [0.15, 0.2) is 0 Å². The molecule has 1 heterocycles. The SMILES string of the molecule is CCCC(C#N)(CCC)Nc1nc(Cl)nc(NCC)n1. The fraction of sp³-hybridized carbons (Fsp3) is 0.692. The average molecular weight is 297 g/mol. The molecule has 0 unspecified atom stereocenters. The van der Waals surface area contributed by atoms with Crippen molar-refractivity contribution >= 4 is 23.5 Å². The maximum atomic E-state index is 9.51. The summed E-state index contributed by atoms with van der Waals surface area (Å²) in [5, 5.41) is 15.7. The summed E-state index contributed by atoms with van der Waals surface area (Å²) in [6, 6.07) is 2.36. The largest absolute Gasteiger partial charge is 0.354 e. The van der Waals surface area contributed by atoms with E-state index in [2.05, 4.69) is 31.7 Å². The Hall–Kier alpha value is -1.61. The molecule has 6 nitrogen and oxygen atoms in total. The predicted molar refractivity (Wildman–Crippen MR) is 80.8 cm³/mol. The number of nitrogens with zero attached hydrogens (tertiary/aromatic N) is 4. The molecule has 0 saturated heterocycles. The lowest BCUT2D eigenvalue weighted by Gasteiger charge is -2.27. The summed E-state index contributed by atoms with van der Waals surface area (Å²) in [7, 11) is 0. The summed E-state index contributed by atoms with van der Waals surface area (Å²) in [4.78, 5) is 12.3. The van der Waals surface area contributed by atoms with E-state index < -0.39 is 5.54 Å². The number of halogens is 1. The molecule has 2 N–H and O–H groups in total. The highest BCUT2D eigenvalue weighted by molar-refractivity contribution is 6.28. The van der Waals surface area contributed by atoms with Crippen molar-refractivity contribution in [1.82, 2.24) is 15.0 Å². The maximum absolute atomic E-state index is 9.51. The molecule has 0 fully saturated rings. The lowest BCUT2D eigenvalue weighted by Crippen LogP contribution is -2.37. The molecule has 1 aromatic rings. The number of nitrogens with one attached hydrogen (secondary N) is 2. The third kappa shape index (κ3) is 4.49. The fourth-order valence-electron chi connectivity index (χ4n) is 2.10. The molecule has 0 aromatic carbocycles. The molecular formula is C13H21ClN6. The zero-order chi connectivity index (χ0) is 15.0. The quantitative estimate of drug-likeness (QED) is 0.766. The minimum absolute atomic E-state index is 0.110. The van der Waals surface area contributed by atoms with Gasteiger partial charge in [0.25, 0.3) is 0 Å². The second kappa shape index (κ2) is 7.85. The molecule has 0 amide bonds. The van der Waals surface area contributed by atoms with Gasteiger partial charge in [-0.1, -0.05) is 26.7 Å². The highest BCUT2D eigenvalue weighted by Crippen LogP contribution is 2.24. The lowest BCUT2D eigenvalue weighted by atomic mass is 9.90. The topological polar surface area (TPSA) is 86.5 Å². The predicted octanol–water partition coefficient (Wildman–Crippen LogP) is 3.23. The number of nitriles is 1. The van der Waals surface area contributed by atoms with Gasteiger partial charge in [-0.3, -0.25) is 0 Å². The first kappa shape index (κ1) is 16.4. The Morgan fingerprint density at radius 3 is 2.20 bits per heavy atom. The molecule has 0 spiro atoms. The van der Waals surface area contributed by atoms with Crippen LogP contribution in [-0.4, -0.2) is 27.0 Å². The highest BCUT2D eigenvalue weighted by atomic mass is 35.5. The summed E-state index contributed by atoms with van der Waals surface area (Å²) >= 11 is 5.89. The van der Waals surface area contributed by atoms with Crippen molar-refractivity contribution in [1.29, 1.82) is 5.26 Å². The van der Waals surface area contributed by atoms with Gasteiger partial charge < -0.3 is 10.6 Å². The summed E-state index contributed by atoms with van der Waals surface area (Å²) in [6.07, 6.45) is 3.27. The van der Waals surface area contributed by atoms with E-state index in [4.69, 9.17) is 11.6 Å². The Bertz CT molecular complexity index is 464. The number of anilines is 2. The number of hydrogen-bond acceptors (Lipinski definition) is 6. The molecule has 7 heteroatoms. The average Bonchev–Trinajstić information content (AvgIpc) is 2.39. The van der Waals surface area contributed by atoms with Gasteiger partial charge in [-0.05, 0) is 31.4 Å². The van der Waals surface area contributed by atoms with Gasteiger partial charge in [-0.25, -0.2) is 0 Å². The third-order valence-corrected chi connectivity index (χ3v) is 3.03. The van der Waals surface area contributed by atoms with E-state index in [1.54, 1.807) is 0 Å². The Morgan fingerprint density at radius 1 is 1.10 bits per heavy atom. The van der Waals surface area contributed by atoms with Crippen LogP contribution in [0.4, 0.5) is 11.9 Å². The van der Waals surface area contributed by atoms with Gasteiger partial charge in [-0.2, -0.15) is 20.2 Å². The zero-order valence-electron chi connectivity index (χ0n) is 12.2. The molecule has 110 valence electrons. The summed E-state index contributed by atoms with van der Waals surface area (Å²) in [5.41, 5.74) is -0.655. The van der Waals surface area contributed by atoms with E-state index in [0.717, 1.165) is 25.7 Å². The molecule has 0 bridgehead atoms. The minimum atomic E-state index is -0.655. The molecule has 20 heavy (non-hydrogen) atoms. The molecule has 0 saturated carbocycles. The zero-order valence-corrected chi connectivity index (χ0v) is 13.0. The molecule has 0 aliphatic rings. The van der Waals surface area contributed by atoms with Crippen molar-refractivity contribution in [3.8, 4) is 6.07 Å². The van der Waals surface area contributed by atoms with Crippen LogP contribution in [0.5, 0.6) is 0 Å². The van der Waals surface area contributed by atoms with E-state index in [1.165, 1.54) is 0 Å². The van der Waals surface area contributed by atoms with E-state index in [-0.39, 0.29) is 5.28 Å². The summed E-state index contributed by atoms with van der Waals surface area (Å²) < 4.78 is 0. The van der Waals surface area contributed by atoms with Crippen molar-refractivity contribution in [2.75, 3.05) is 17.2 Å². The van der Waals surface area contributed by atoms with E-state index in [9.17, 15) is 5.26 Å².